The number of carboxylic acid groups (broad SMARTS) is 1. The van der Waals surface area contributed by atoms with Gasteiger partial charge in [0.15, 0.2) is 0 Å². The maximum atomic E-state index is 10.6. The molecule has 0 bridgehead atoms. The number of aryl methyl sites for hydroxylation is 1. The summed E-state index contributed by atoms with van der Waals surface area (Å²) in [6, 6.07) is 0. The minimum absolute atomic E-state index is 0.414. The number of carboxylic acids is 1. The van der Waals surface area contributed by atoms with E-state index >= 15 is 0 Å². The monoisotopic (exact) mass is 234 g/mol. The summed E-state index contributed by atoms with van der Waals surface area (Å²) in [4.78, 5) is 10.6. The molecule has 0 unspecified atom stereocenters. The van der Waals surface area contributed by atoms with Gasteiger partial charge in [0.1, 0.15) is 0 Å². The smallest absolute Gasteiger partial charge is 0.337 e. The fourth-order valence-electron chi connectivity index (χ4n) is 0.848. The molecule has 11 heavy (non-hydrogen) atoms. The van der Waals surface area contributed by atoms with Crippen LogP contribution in [-0.2, 0) is 6.42 Å². The highest BCUT2D eigenvalue weighted by molar-refractivity contribution is 9.11. The van der Waals surface area contributed by atoms with Crippen molar-refractivity contribution in [1.82, 2.24) is 0 Å². The second kappa shape index (κ2) is 3.36. The molecule has 0 aromatic carbocycles. The van der Waals surface area contributed by atoms with Gasteiger partial charge in [-0.15, -0.1) is 11.3 Å². The van der Waals surface area contributed by atoms with Crippen LogP contribution < -0.4 is 0 Å². The fraction of sp³-hybridized carbons (Fsp3) is 0.286. The van der Waals surface area contributed by atoms with Gasteiger partial charge in [-0.05, 0) is 33.3 Å². The molecule has 1 aromatic heterocycles. The third kappa shape index (κ3) is 1.62. The first kappa shape index (κ1) is 8.74. The van der Waals surface area contributed by atoms with Crippen LogP contribution in [0.15, 0.2) is 9.17 Å². The summed E-state index contributed by atoms with van der Waals surface area (Å²) in [5.74, 6) is -0.852. The number of hydrogen-bond donors (Lipinski definition) is 1. The molecule has 0 atom stereocenters. The van der Waals surface area contributed by atoms with Gasteiger partial charge >= 0.3 is 5.97 Å². The molecule has 0 spiro atoms. The van der Waals surface area contributed by atoms with E-state index < -0.39 is 5.97 Å². The van der Waals surface area contributed by atoms with E-state index in [-0.39, 0.29) is 0 Å². The Morgan fingerprint density at radius 3 is 2.82 bits per heavy atom. The first-order chi connectivity index (χ1) is 5.16. The third-order valence-corrected chi connectivity index (χ3v) is 3.19. The van der Waals surface area contributed by atoms with E-state index in [1.165, 1.54) is 11.3 Å². The van der Waals surface area contributed by atoms with Crippen molar-refractivity contribution in [2.45, 2.75) is 13.3 Å². The summed E-state index contributed by atoms with van der Waals surface area (Å²) in [6.45, 7) is 1.95. The third-order valence-electron chi connectivity index (χ3n) is 1.42. The van der Waals surface area contributed by atoms with Gasteiger partial charge in [-0.1, -0.05) is 6.92 Å². The second-order valence-corrected chi connectivity index (χ2v) is 4.27. The highest BCUT2D eigenvalue weighted by atomic mass is 79.9. The highest BCUT2D eigenvalue weighted by Gasteiger charge is 2.14. The van der Waals surface area contributed by atoms with E-state index in [0.29, 0.717) is 9.35 Å². The van der Waals surface area contributed by atoms with Crippen LogP contribution in [0.25, 0.3) is 0 Å². The van der Waals surface area contributed by atoms with Crippen LogP contribution in [0.5, 0.6) is 0 Å². The Hall–Kier alpha value is -0.350. The molecular weight excluding hydrogens is 228 g/mol. The first-order valence-corrected chi connectivity index (χ1v) is 4.83. The van der Waals surface area contributed by atoms with E-state index in [1.807, 2.05) is 12.3 Å². The van der Waals surface area contributed by atoms with Crippen LogP contribution >= 0.6 is 27.3 Å². The zero-order valence-electron chi connectivity index (χ0n) is 5.93. The Balaban J connectivity index is 3.17. The predicted molar refractivity (Wildman–Crippen MR) is 48.4 cm³/mol. The van der Waals surface area contributed by atoms with Crippen molar-refractivity contribution in [2.24, 2.45) is 0 Å². The minimum atomic E-state index is -0.852. The number of hydrogen-bond acceptors (Lipinski definition) is 2. The van der Waals surface area contributed by atoms with Gasteiger partial charge in [0.2, 0.25) is 0 Å². The topological polar surface area (TPSA) is 37.3 Å². The fourth-order valence-corrected chi connectivity index (χ4v) is 2.42. The lowest BCUT2D eigenvalue weighted by molar-refractivity contribution is 0.0695. The first-order valence-electron chi connectivity index (χ1n) is 3.16. The molecule has 1 aromatic rings. The Morgan fingerprint density at radius 2 is 2.45 bits per heavy atom. The molecule has 0 aliphatic heterocycles. The van der Waals surface area contributed by atoms with Crippen LogP contribution in [0, 0.1) is 0 Å². The van der Waals surface area contributed by atoms with Crippen molar-refractivity contribution < 1.29 is 9.90 Å². The van der Waals surface area contributed by atoms with Crippen molar-refractivity contribution in [3.05, 3.63) is 20.3 Å². The molecule has 0 amide bonds. The summed E-state index contributed by atoms with van der Waals surface area (Å²) in [6.07, 6.45) is 0.768. The number of rotatable bonds is 2. The van der Waals surface area contributed by atoms with E-state index in [9.17, 15) is 4.79 Å². The van der Waals surface area contributed by atoms with E-state index in [2.05, 4.69) is 15.9 Å². The Morgan fingerprint density at radius 1 is 1.82 bits per heavy atom. The lowest BCUT2D eigenvalue weighted by Gasteiger charge is -1.94. The van der Waals surface area contributed by atoms with Crippen LogP contribution in [0.2, 0.25) is 0 Å². The van der Waals surface area contributed by atoms with Gasteiger partial charge in [-0.3, -0.25) is 0 Å². The lowest BCUT2D eigenvalue weighted by atomic mass is 10.1. The number of carbonyl (C=O) groups is 1. The van der Waals surface area contributed by atoms with Gasteiger partial charge in [-0.25, -0.2) is 4.79 Å². The maximum absolute atomic E-state index is 10.6. The van der Waals surface area contributed by atoms with Gasteiger partial charge in [0.25, 0.3) is 0 Å². The zero-order valence-corrected chi connectivity index (χ0v) is 8.33. The van der Waals surface area contributed by atoms with Gasteiger partial charge in [-0.2, -0.15) is 0 Å². The van der Waals surface area contributed by atoms with Crippen molar-refractivity contribution in [3.8, 4) is 0 Å². The molecule has 1 N–H and O–H groups in total. The molecule has 1 rings (SSSR count). The van der Waals surface area contributed by atoms with E-state index in [4.69, 9.17) is 5.11 Å². The Labute approximate surface area is 77.0 Å². The van der Waals surface area contributed by atoms with Gasteiger partial charge in [0, 0.05) is 0 Å². The molecule has 0 saturated heterocycles. The van der Waals surface area contributed by atoms with Crippen LogP contribution in [0.3, 0.4) is 0 Å². The molecule has 4 heteroatoms. The van der Waals surface area contributed by atoms with Crippen LogP contribution in [0.4, 0.5) is 0 Å². The molecule has 60 valence electrons. The zero-order chi connectivity index (χ0) is 8.43. The molecule has 2 nitrogen and oxygen atoms in total. The number of thiophene rings is 1. The SMILES string of the molecule is CCc1csc(Br)c1C(=O)O. The summed E-state index contributed by atoms with van der Waals surface area (Å²) >= 11 is 4.62. The van der Waals surface area contributed by atoms with E-state index in [0.717, 1.165) is 12.0 Å². The van der Waals surface area contributed by atoms with Crippen molar-refractivity contribution >= 4 is 33.2 Å². The Bertz CT molecular complexity index is 280. The number of aromatic carboxylic acids is 1. The summed E-state index contributed by atoms with van der Waals surface area (Å²) < 4.78 is 0.710. The summed E-state index contributed by atoms with van der Waals surface area (Å²) in [5.41, 5.74) is 1.31. The quantitative estimate of drug-likeness (QED) is 0.855. The Kier molecular flexibility index (Phi) is 2.67. The molecule has 0 aliphatic rings. The molecular formula is C7H7BrO2S. The lowest BCUT2D eigenvalue weighted by Crippen LogP contribution is -1.98. The predicted octanol–water partition coefficient (Wildman–Crippen LogP) is 2.77. The summed E-state index contributed by atoms with van der Waals surface area (Å²) in [7, 11) is 0. The largest absolute Gasteiger partial charge is 0.478 e. The average molecular weight is 235 g/mol. The molecule has 0 aliphatic carbocycles. The van der Waals surface area contributed by atoms with E-state index in [1.54, 1.807) is 0 Å². The highest BCUT2D eigenvalue weighted by Crippen LogP contribution is 2.28. The van der Waals surface area contributed by atoms with Crippen molar-refractivity contribution in [1.29, 1.82) is 0 Å². The number of halogens is 1. The van der Waals surface area contributed by atoms with Crippen molar-refractivity contribution in [3.63, 3.8) is 0 Å². The molecule has 0 fully saturated rings. The molecule has 0 saturated carbocycles. The van der Waals surface area contributed by atoms with Crippen molar-refractivity contribution in [2.75, 3.05) is 0 Å². The van der Waals surface area contributed by atoms with Crippen LogP contribution in [0.1, 0.15) is 22.8 Å². The standard InChI is InChI=1S/C7H7BrO2S/c1-2-4-3-11-6(8)5(4)7(9)10/h3H,2H2,1H3,(H,9,10). The minimum Gasteiger partial charge on any atom is -0.478 e. The maximum Gasteiger partial charge on any atom is 0.337 e. The van der Waals surface area contributed by atoms with Gasteiger partial charge in [0.05, 0.1) is 9.35 Å². The second-order valence-electron chi connectivity index (χ2n) is 2.07. The normalized spacial score (nSPS) is 10.0. The van der Waals surface area contributed by atoms with Crippen LogP contribution in [-0.4, -0.2) is 11.1 Å². The van der Waals surface area contributed by atoms with Gasteiger partial charge < -0.3 is 5.11 Å². The summed E-state index contributed by atoms with van der Waals surface area (Å²) in [5, 5.41) is 10.6. The average Bonchev–Trinajstić information content (AvgIpc) is 2.30. The molecule has 0 radical (unpaired) electrons. The molecule has 1 heterocycles.